The summed E-state index contributed by atoms with van der Waals surface area (Å²) in [5, 5.41) is 12.0. The number of anilines is 2. The predicted octanol–water partition coefficient (Wildman–Crippen LogP) is 7.56. The van der Waals surface area contributed by atoms with Gasteiger partial charge in [0.25, 0.3) is 0 Å². The van der Waals surface area contributed by atoms with Gasteiger partial charge in [0.2, 0.25) is 0 Å². The van der Waals surface area contributed by atoms with E-state index in [1.54, 1.807) is 0 Å². The van der Waals surface area contributed by atoms with Gasteiger partial charge in [-0.05, 0) is 75.2 Å². The molecule has 6 aromatic carbocycles. The maximum absolute atomic E-state index is 3.97. The van der Waals surface area contributed by atoms with E-state index < -0.39 is 15.8 Å². The van der Waals surface area contributed by atoms with Crippen LogP contribution in [0.15, 0.2) is 158 Å². The smallest absolute Gasteiger partial charge is 0.0469 e. The first-order chi connectivity index (χ1) is 20.2. The quantitative estimate of drug-likeness (QED) is 0.188. The van der Waals surface area contributed by atoms with Crippen molar-refractivity contribution in [3.8, 4) is 0 Å². The largest absolute Gasteiger partial charge is 0.354 e. The minimum Gasteiger partial charge on any atom is -0.354 e. The maximum atomic E-state index is 3.97. The summed E-state index contributed by atoms with van der Waals surface area (Å²) in [6, 6.07) is 57.5. The van der Waals surface area contributed by atoms with Crippen molar-refractivity contribution in [1.82, 2.24) is 0 Å². The van der Waals surface area contributed by atoms with Crippen LogP contribution in [0, 0.1) is 13.8 Å². The molecule has 3 heteroatoms. The Morgan fingerprint density at radius 1 is 0.366 bits per heavy atom. The van der Waals surface area contributed by atoms with Crippen LogP contribution in [0.4, 0.5) is 11.4 Å². The second kappa shape index (κ2) is 12.7. The molecule has 6 rings (SSSR count). The Bertz CT molecular complexity index is 1510. The lowest BCUT2D eigenvalue weighted by atomic mass is 10.2. The third-order valence-electron chi connectivity index (χ3n) is 7.12. The Morgan fingerprint density at radius 2 is 0.659 bits per heavy atom. The van der Waals surface area contributed by atoms with Crippen molar-refractivity contribution in [1.29, 1.82) is 0 Å². The first kappa shape index (κ1) is 27.2. The zero-order valence-corrected chi connectivity index (χ0v) is 25.2. The summed E-state index contributed by atoms with van der Waals surface area (Å²) in [6.45, 7) is 4.39. The molecular formula is C38H33NP2. The van der Waals surface area contributed by atoms with Crippen molar-refractivity contribution >= 4 is 59.0 Å². The van der Waals surface area contributed by atoms with Crippen molar-refractivity contribution < 1.29 is 0 Å². The van der Waals surface area contributed by atoms with E-state index in [9.17, 15) is 0 Å². The monoisotopic (exact) mass is 565 g/mol. The highest BCUT2D eigenvalue weighted by atomic mass is 31.1. The van der Waals surface area contributed by atoms with Crippen molar-refractivity contribution in [3.63, 3.8) is 0 Å². The van der Waals surface area contributed by atoms with E-state index in [2.05, 4.69) is 177 Å². The summed E-state index contributed by atoms with van der Waals surface area (Å²) < 4.78 is 0. The number of benzene rings is 6. The Balaban J connectivity index is 1.51. The zero-order valence-electron chi connectivity index (χ0n) is 23.4. The number of hydrogen-bond acceptors (Lipinski definition) is 1. The fourth-order valence-corrected chi connectivity index (χ4v) is 10.2. The van der Waals surface area contributed by atoms with Crippen molar-refractivity contribution in [2.45, 2.75) is 13.8 Å². The Morgan fingerprint density at radius 3 is 0.951 bits per heavy atom. The van der Waals surface area contributed by atoms with Crippen LogP contribution in [-0.2, 0) is 0 Å². The van der Waals surface area contributed by atoms with Gasteiger partial charge in [0.15, 0.2) is 0 Å². The summed E-state index contributed by atoms with van der Waals surface area (Å²) in [5.41, 5.74) is 4.86. The van der Waals surface area contributed by atoms with E-state index in [0.717, 1.165) is 11.4 Å². The van der Waals surface area contributed by atoms with Gasteiger partial charge >= 0.3 is 0 Å². The van der Waals surface area contributed by atoms with E-state index in [1.807, 2.05) is 0 Å². The van der Waals surface area contributed by atoms with Gasteiger partial charge < -0.3 is 5.32 Å². The standard InChI is InChI=1S/C38H33NP2/c1-29-23-25-35(37(27-29)40(31-15-7-3-8-16-31)32-17-9-4-10-18-32)39-36-26-24-30(2)28-38(36)41(33-19-11-5-12-20-33)34-21-13-6-14-22-34/h3-28,39H,1-2H3. The lowest BCUT2D eigenvalue weighted by Crippen LogP contribution is -2.25. The van der Waals surface area contributed by atoms with Gasteiger partial charge in [-0.2, -0.15) is 0 Å². The number of hydrogen-bond donors (Lipinski definition) is 1. The van der Waals surface area contributed by atoms with Crippen LogP contribution in [-0.4, -0.2) is 0 Å². The van der Waals surface area contributed by atoms with E-state index in [0.29, 0.717) is 0 Å². The summed E-state index contributed by atoms with van der Waals surface area (Å²) in [6.07, 6.45) is 0. The third kappa shape index (κ3) is 6.18. The van der Waals surface area contributed by atoms with Gasteiger partial charge in [0.05, 0.1) is 0 Å². The Hall–Kier alpha value is -4.02. The first-order valence-electron chi connectivity index (χ1n) is 14.0. The molecule has 0 atom stereocenters. The molecule has 0 bridgehead atoms. The molecule has 0 spiro atoms. The molecule has 0 fully saturated rings. The van der Waals surface area contributed by atoms with E-state index in [1.165, 1.54) is 43.0 Å². The highest BCUT2D eigenvalue weighted by Gasteiger charge is 2.23. The van der Waals surface area contributed by atoms with Crippen molar-refractivity contribution in [2.75, 3.05) is 5.32 Å². The molecule has 0 amide bonds. The number of nitrogens with one attached hydrogen (secondary N) is 1. The molecule has 1 N–H and O–H groups in total. The molecule has 0 saturated heterocycles. The second-order valence-electron chi connectivity index (χ2n) is 10.2. The van der Waals surface area contributed by atoms with E-state index >= 15 is 0 Å². The zero-order chi connectivity index (χ0) is 28.0. The molecule has 0 unspecified atom stereocenters. The second-order valence-corrected chi connectivity index (χ2v) is 14.6. The van der Waals surface area contributed by atoms with Crippen LogP contribution in [0.5, 0.6) is 0 Å². The molecule has 0 saturated carbocycles. The van der Waals surface area contributed by atoms with Gasteiger partial charge in [-0.1, -0.05) is 145 Å². The minimum atomic E-state index is -0.755. The van der Waals surface area contributed by atoms with Crippen LogP contribution >= 0.6 is 15.8 Å². The molecular weight excluding hydrogens is 532 g/mol. The van der Waals surface area contributed by atoms with Crippen LogP contribution < -0.4 is 37.1 Å². The molecule has 6 aromatic rings. The molecule has 0 radical (unpaired) electrons. The van der Waals surface area contributed by atoms with E-state index in [4.69, 9.17) is 0 Å². The summed E-state index contributed by atoms with van der Waals surface area (Å²) >= 11 is 0. The molecule has 0 aliphatic heterocycles. The molecule has 200 valence electrons. The average molecular weight is 566 g/mol. The van der Waals surface area contributed by atoms with Gasteiger partial charge in [-0.25, -0.2) is 0 Å². The normalized spacial score (nSPS) is 11.1. The molecule has 0 aliphatic rings. The Labute approximate surface area is 246 Å². The van der Waals surface area contributed by atoms with E-state index in [-0.39, 0.29) is 0 Å². The highest BCUT2D eigenvalue weighted by Crippen LogP contribution is 2.39. The van der Waals surface area contributed by atoms with Gasteiger partial charge in [-0.15, -0.1) is 0 Å². The van der Waals surface area contributed by atoms with Gasteiger partial charge in [0.1, 0.15) is 0 Å². The molecule has 1 nitrogen and oxygen atoms in total. The molecule has 41 heavy (non-hydrogen) atoms. The average Bonchev–Trinajstić information content (AvgIpc) is 3.02. The third-order valence-corrected chi connectivity index (χ3v) is 12.1. The molecule has 0 heterocycles. The van der Waals surface area contributed by atoms with Crippen molar-refractivity contribution in [2.24, 2.45) is 0 Å². The van der Waals surface area contributed by atoms with Gasteiger partial charge in [0, 0.05) is 22.0 Å². The lowest BCUT2D eigenvalue weighted by Gasteiger charge is -2.26. The fourth-order valence-electron chi connectivity index (χ4n) is 5.17. The minimum absolute atomic E-state index is 0.755. The number of rotatable bonds is 8. The van der Waals surface area contributed by atoms with Crippen LogP contribution in [0.1, 0.15) is 11.1 Å². The lowest BCUT2D eigenvalue weighted by molar-refractivity contribution is 1.46. The summed E-state index contributed by atoms with van der Waals surface area (Å²) in [7, 11) is -1.51. The summed E-state index contributed by atoms with van der Waals surface area (Å²) in [5.74, 6) is 0. The number of aryl methyl sites for hydroxylation is 2. The van der Waals surface area contributed by atoms with Crippen molar-refractivity contribution in [3.05, 3.63) is 169 Å². The topological polar surface area (TPSA) is 12.0 Å². The molecule has 0 aromatic heterocycles. The molecule has 0 aliphatic carbocycles. The van der Waals surface area contributed by atoms with Crippen LogP contribution in [0.25, 0.3) is 0 Å². The summed E-state index contributed by atoms with van der Waals surface area (Å²) in [4.78, 5) is 0. The van der Waals surface area contributed by atoms with Crippen LogP contribution in [0.2, 0.25) is 0 Å². The van der Waals surface area contributed by atoms with Crippen LogP contribution in [0.3, 0.4) is 0 Å². The first-order valence-corrected chi connectivity index (χ1v) is 16.6. The predicted molar refractivity (Wildman–Crippen MR) is 183 cm³/mol. The highest BCUT2D eigenvalue weighted by molar-refractivity contribution is 7.80. The SMILES string of the molecule is Cc1ccc(Nc2ccc(C)cc2P(c2ccccc2)c2ccccc2)c(P(c2ccccc2)c2ccccc2)c1. The Kier molecular flexibility index (Phi) is 8.39. The maximum Gasteiger partial charge on any atom is 0.0469 e. The fraction of sp³-hybridized carbons (Fsp3) is 0.0526. The van der Waals surface area contributed by atoms with Gasteiger partial charge in [-0.3, -0.25) is 0 Å².